The van der Waals surface area contributed by atoms with Crippen molar-refractivity contribution in [2.24, 2.45) is 0 Å². The Balaban J connectivity index is 1.86. The highest BCUT2D eigenvalue weighted by Crippen LogP contribution is 2.24. The molecule has 26 heavy (non-hydrogen) atoms. The van der Waals surface area contributed by atoms with Gasteiger partial charge in [0.25, 0.3) is 11.8 Å². The minimum Gasteiger partial charge on any atom is -0.322 e. The fraction of sp³-hybridized carbons (Fsp3) is 0.300. The standard InChI is InChI=1S/C20H25N3O2S/c1-4-15-9-5-6-10-16(15)21-19(24)13-23(2)14-20(25)22-17-11-7-8-12-18(17)26-3/h5-12H,4,13-14H2,1-3H3,(H,21,24)(H,22,25)/p+1. The summed E-state index contributed by atoms with van der Waals surface area (Å²) in [7, 11) is 1.84. The van der Waals surface area contributed by atoms with Gasteiger partial charge >= 0.3 is 0 Å². The number of likely N-dealkylation sites (N-methyl/N-ethyl adjacent to an activating group) is 1. The van der Waals surface area contributed by atoms with Crippen LogP contribution in [-0.2, 0) is 16.0 Å². The minimum atomic E-state index is -0.106. The van der Waals surface area contributed by atoms with Crippen molar-refractivity contribution in [3.63, 3.8) is 0 Å². The van der Waals surface area contributed by atoms with Crippen LogP contribution in [0.1, 0.15) is 12.5 Å². The summed E-state index contributed by atoms with van der Waals surface area (Å²) in [4.78, 5) is 26.4. The molecule has 2 amide bonds. The normalized spacial score (nSPS) is 11.7. The molecule has 0 radical (unpaired) electrons. The number of aryl methyl sites for hydroxylation is 1. The molecule has 0 fully saturated rings. The van der Waals surface area contributed by atoms with Crippen molar-refractivity contribution in [2.45, 2.75) is 18.2 Å². The first-order valence-electron chi connectivity index (χ1n) is 8.65. The maximum Gasteiger partial charge on any atom is 0.279 e. The smallest absolute Gasteiger partial charge is 0.279 e. The lowest BCUT2D eigenvalue weighted by molar-refractivity contribution is -0.862. The SMILES string of the molecule is CCc1ccccc1NC(=O)C[NH+](C)CC(=O)Nc1ccccc1SC. The predicted molar refractivity (Wildman–Crippen MR) is 108 cm³/mol. The number of benzene rings is 2. The van der Waals surface area contributed by atoms with Gasteiger partial charge in [-0.1, -0.05) is 37.3 Å². The third kappa shape index (κ3) is 5.89. The molecule has 138 valence electrons. The molecule has 0 aliphatic heterocycles. The van der Waals surface area contributed by atoms with Crippen LogP contribution >= 0.6 is 11.8 Å². The maximum atomic E-state index is 12.3. The molecule has 2 rings (SSSR count). The van der Waals surface area contributed by atoms with Crippen molar-refractivity contribution in [2.75, 3.05) is 37.0 Å². The second kappa shape index (κ2) is 9.99. The van der Waals surface area contributed by atoms with Crippen molar-refractivity contribution in [3.8, 4) is 0 Å². The Bertz CT molecular complexity index is 701. The first kappa shape index (κ1) is 20.0. The van der Waals surface area contributed by atoms with E-state index < -0.39 is 0 Å². The van der Waals surface area contributed by atoms with Gasteiger partial charge in [-0.25, -0.2) is 0 Å². The average Bonchev–Trinajstić information content (AvgIpc) is 2.62. The Morgan fingerprint density at radius 2 is 1.46 bits per heavy atom. The average molecular weight is 373 g/mol. The van der Waals surface area contributed by atoms with E-state index in [0.29, 0.717) is 0 Å². The van der Waals surface area contributed by atoms with Crippen LogP contribution in [0, 0.1) is 0 Å². The molecule has 1 unspecified atom stereocenters. The molecular weight excluding hydrogens is 346 g/mol. The Kier molecular flexibility index (Phi) is 7.69. The van der Waals surface area contributed by atoms with Gasteiger partial charge in [0.1, 0.15) is 0 Å². The molecule has 1 atom stereocenters. The number of nitrogens with one attached hydrogen (secondary N) is 3. The fourth-order valence-corrected chi connectivity index (χ4v) is 3.25. The van der Waals surface area contributed by atoms with Gasteiger partial charge in [0, 0.05) is 10.6 Å². The summed E-state index contributed by atoms with van der Waals surface area (Å²) < 4.78 is 0. The Morgan fingerprint density at radius 1 is 0.923 bits per heavy atom. The molecule has 0 saturated carbocycles. The number of amides is 2. The summed E-state index contributed by atoms with van der Waals surface area (Å²) in [6, 6.07) is 15.5. The second-order valence-electron chi connectivity index (χ2n) is 6.12. The van der Waals surface area contributed by atoms with E-state index in [-0.39, 0.29) is 24.9 Å². The lowest BCUT2D eigenvalue weighted by Crippen LogP contribution is -3.11. The molecule has 6 heteroatoms. The summed E-state index contributed by atoms with van der Waals surface area (Å²) >= 11 is 1.59. The van der Waals surface area contributed by atoms with Gasteiger partial charge in [-0.15, -0.1) is 11.8 Å². The number of carbonyl (C=O) groups is 2. The summed E-state index contributed by atoms with van der Waals surface area (Å²) in [5.74, 6) is -0.202. The van der Waals surface area contributed by atoms with Crippen LogP contribution in [0.2, 0.25) is 0 Å². The zero-order chi connectivity index (χ0) is 18.9. The van der Waals surface area contributed by atoms with Crippen molar-refractivity contribution >= 4 is 35.0 Å². The van der Waals surface area contributed by atoms with E-state index in [1.807, 2.05) is 61.8 Å². The summed E-state index contributed by atoms with van der Waals surface area (Å²) in [6.07, 6.45) is 2.83. The van der Waals surface area contributed by atoms with Crippen molar-refractivity contribution in [3.05, 3.63) is 54.1 Å². The lowest BCUT2D eigenvalue weighted by Gasteiger charge is -2.15. The molecule has 0 aliphatic carbocycles. The molecule has 2 aromatic carbocycles. The van der Waals surface area contributed by atoms with Gasteiger partial charge in [0.15, 0.2) is 13.1 Å². The number of rotatable bonds is 8. The van der Waals surface area contributed by atoms with Crippen molar-refractivity contribution in [1.29, 1.82) is 0 Å². The third-order valence-electron chi connectivity index (χ3n) is 3.98. The highest BCUT2D eigenvalue weighted by molar-refractivity contribution is 7.98. The molecule has 0 aromatic heterocycles. The predicted octanol–water partition coefficient (Wildman–Crippen LogP) is 2.06. The lowest BCUT2D eigenvalue weighted by atomic mass is 10.1. The monoisotopic (exact) mass is 372 g/mol. The summed E-state index contributed by atoms with van der Waals surface area (Å²) in [5, 5.41) is 5.86. The van der Waals surface area contributed by atoms with Crippen molar-refractivity contribution < 1.29 is 14.5 Å². The topological polar surface area (TPSA) is 62.6 Å². The molecule has 5 nitrogen and oxygen atoms in total. The Morgan fingerprint density at radius 3 is 2.08 bits per heavy atom. The van der Waals surface area contributed by atoms with Crippen LogP contribution in [0.25, 0.3) is 0 Å². The van der Waals surface area contributed by atoms with Crippen LogP contribution in [-0.4, -0.2) is 38.2 Å². The van der Waals surface area contributed by atoms with E-state index in [2.05, 4.69) is 17.6 Å². The van der Waals surface area contributed by atoms with Crippen molar-refractivity contribution in [1.82, 2.24) is 0 Å². The first-order chi connectivity index (χ1) is 12.5. The van der Waals surface area contributed by atoms with Crippen LogP contribution in [0.4, 0.5) is 11.4 Å². The molecule has 0 saturated heterocycles. The maximum absolute atomic E-state index is 12.3. The van der Waals surface area contributed by atoms with Crippen LogP contribution in [0.5, 0.6) is 0 Å². The number of anilines is 2. The van der Waals surface area contributed by atoms with Gasteiger partial charge in [0.05, 0.1) is 12.7 Å². The van der Waals surface area contributed by atoms with Gasteiger partial charge < -0.3 is 15.5 Å². The molecule has 2 aromatic rings. The summed E-state index contributed by atoms with van der Waals surface area (Å²) in [6.45, 7) is 2.51. The summed E-state index contributed by atoms with van der Waals surface area (Å²) in [5.41, 5.74) is 2.75. The highest BCUT2D eigenvalue weighted by Gasteiger charge is 2.16. The van der Waals surface area contributed by atoms with E-state index >= 15 is 0 Å². The number of hydrogen-bond donors (Lipinski definition) is 3. The van der Waals surface area contributed by atoms with E-state index in [1.54, 1.807) is 11.8 Å². The first-order valence-corrected chi connectivity index (χ1v) is 9.87. The van der Waals surface area contributed by atoms with Gasteiger partial charge in [-0.05, 0) is 36.4 Å². The van der Waals surface area contributed by atoms with Crippen LogP contribution in [0.3, 0.4) is 0 Å². The number of thioether (sulfide) groups is 1. The molecular formula is C20H26N3O2S+. The molecule has 0 bridgehead atoms. The number of para-hydroxylation sites is 2. The largest absolute Gasteiger partial charge is 0.322 e. The highest BCUT2D eigenvalue weighted by atomic mass is 32.2. The zero-order valence-electron chi connectivity index (χ0n) is 15.5. The van der Waals surface area contributed by atoms with E-state index in [1.165, 1.54) is 0 Å². The third-order valence-corrected chi connectivity index (χ3v) is 4.77. The molecule has 0 heterocycles. The van der Waals surface area contributed by atoms with Crippen LogP contribution in [0.15, 0.2) is 53.4 Å². The van der Waals surface area contributed by atoms with Crippen LogP contribution < -0.4 is 15.5 Å². The Labute approximate surface area is 159 Å². The van der Waals surface area contributed by atoms with Gasteiger partial charge in [0.2, 0.25) is 0 Å². The number of carbonyl (C=O) groups excluding carboxylic acids is 2. The van der Waals surface area contributed by atoms with Gasteiger partial charge in [-0.2, -0.15) is 0 Å². The second-order valence-corrected chi connectivity index (χ2v) is 6.97. The fourth-order valence-electron chi connectivity index (χ4n) is 2.70. The number of quaternary nitrogens is 1. The molecule has 0 aliphatic rings. The number of hydrogen-bond acceptors (Lipinski definition) is 3. The minimum absolute atomic E-state index is 0.0966. The Hall–Kier alpha value is -2.31. The van der Waals surface area contributed by atoms with E-state index in [9.17, 15) is 9.59 Å². The van der Waals surface area contributed by atoms with E-state index in [4.69, 9.17) is 0 Å². The van der Waals surface area contributed by atoms with E-state index in [0.717, 1.165) is 33.2 Å². The molecule has 0 spiro atoms. The quantitative estimate of drug-likeness (QED) is 0.622. The molecule has 3 N–H and O–H groups in total. The van der Waals surface area contributed by atoms with Gasteiger partial charge in [-0.3, -0.25) is 9.59 Å². The zero-order valence-corrected chi connectivity index (χ0v) is 16.3.